The number of aromatic carboxylic acids is 1. The van der Waals surface area contributed by atoms with E-state index >= 15 is 0 Å². The summed E-state index contributed by atoms with van der Waals surface area (Å²) in [5, 5.41) is 9.50. The number of aryl methyl sites for hydroxylation is 1. The number of carboxylic acid groups (broad SMARTS) is 1. The molecule has 0 atom stereocenters. The predicted molar refractivity (Wildman–Crippen MR) is 70.2 cm³/mol. The van der Waals surface area contributed by atoms with Crippen molar-refractivity contribution in [2.75, 3.05) is 0 Å². The van der Waals surface area contributed by atoms with E-state index in [0.29, 0.717) is 5.02 Å². The van der Waals surface area contributed by atoms with Crippen LogP contribution in [0.15, 0.2) is 34.9 Å². The van der Waals surface area contributed by atoms with Crippen molar-refractivity contribution in [3.8, 4) is 5.69 Å². The molecular weight excluding hydrogens is 305 g/mol. The van der Waals surface area contributed by atoms with Crippen molar-refractivity contribution in [3.63, 3.8) is 0 Å². The first-order valence-corrected chi connectivity index (χ1v) is 6.04. The van der Waals surface area contributed by atoms with Crippen molar-refractivity contribution in [2.45, 2.75) is 6.92 Å². The molecule has 0 saturated carbocycles. The molecule has 1 aromatic carbocycles. The van der Waals surface area contributed by atoms with Crippen molar-refractivity contribution < 1.29 is 9.90 Å². The lowest BCUT2D eigenvalue weighted by Gasteiger charge is -2.09. The number of hydrogen-bond acceptors (Lipinski definition) is 1. The third-order valence-corrected chi connectivity index (χ3v) is 3.24. The molecule has 0 spiro atoms. The third-order valence-electron chi connectivity index (χ3n) is 2.37. The molecule has 0 saturated heterocycles. The van der Waals surface area contributed by atoms with Gasteiger partial charge < -0.3 is 9.67 Å². The highest BCUT2D eigenvalue weighted by Gasteiger charge is 2.14. The first kappa shape index (κ1) is 12.2. The normalized spacial score (nSPS) is 10.5. The van der Waals surface area contributed by atoms with E-state index in [2.05, 4.69) is 15.9 Å². The Balaban J connectivity index is 2.67. The molecule has 3 nitrogen and oxygen atoms in total. The Morgan fingerprint density at radius 3 is 2.76 bits per heavy atom. The van der Waals surface area contributed by atoms with E-state index < -0.39 is 5.97 Å². The van der Waals surface area contributed by atoms with Crippen LogP contribution < -0.4 is 0 Å². The summed E-state index contributed by atoms with van der Waals surface area (Å²) in [6.07, 6.45) is 1.59. The average Bonchev–Trinajstić information content (AvgIpc) is 2.64. The number of hydrogen-bond donors (Lipinski definition) is 1. The first-order chi connectivity index (χ1) is 7.99. The second-order valence-electron chi connectivity index (χ2n) is 3.67. The minimum atomic E-state index is -1.01. The number of halogens is 2. The largest absolute Gasteiger partial charge is 0.477 e. The van der Waals surface area contributed by atoms with Crippen LogP contribution in [0, 0.1) is 6.92 Å². The quantitative estimate of drug-likeness (QED) is 0.913. The Morgan fingerprint density at radius 1 is 1.41 bits per heavy atom. The van der Waals surface area contributed by atoms with E-state index in [1.54, 1.807) is 10.8 Å². The van der Waals surface area contributed by atoms with Crippen LogP contribution in [0.4, 0.5) is 0 Å². The Bertz CT molecular complexity index is 592. The summed E-state index contributed by atoms with van der Waals surface area (Å²) in [6, 6.07) is 7.15. The van der Waals surface area contributed by atoms with Crippen LogP contribution >= 0.6 is 27.5 Å². The number of benzene rings is 1. The van der Waals surface area contributed by atoms with Crippen LogP contribution in [0.25, 0.3) is 5.69 Å². The van der Waals surface area contributed by atoms with Crippen LogP contribution in [0.1, 0.15) is 16.1 Å². The van der Waals surface area contributed by atoms with Crippen LogP contribution in [0.3, 0.4) is 0 Å². The fourth-order valence-electron chi connectivity index (χ4n) is 1.60. The van der Waals surface area contributed by atoms with Crippen LogP contribution in [0.2, 0.25) is 5.02 Å². The lowest BCUT2D eigenvalue weighted by atomic mass is 10.2. The highest BCUT2D eigenvalue weighted by molar-refractivity contribution is 9.10. The van der Waals surface area contributed by atoms with Gasteiger partial charge >= 0.3 is 5.97 Å². The van der Waals surface area contributed by atoms with Crippen molar-refractivity contribution in [1.29, 1.82) is 0 Å². The van der Waals surface area contributed by atoms with Crippen molar-refractivity contribution in [3.05, 3.63) is 51.2 Å². The molecule has 88 valence electrons. The van der Waals surface area contributed by atoms with Gasteiger partial charge in [-0.3, -0.25) is 0 Å². The molecule has 2 aromatic rings. The van der Waals surface area contributed by atoms with E-state index in [1.165, 1.54) is 6.07 Å². The fraction of sp³-hybridized carbons (Fsp3) is 0.0833. The SMILES string of the molecule is Cc1ccc(Br)c(-n2cc(Cl)cc2C(=O)O)c1. The summed E-state index contributed by atoms with van der Waals surface area (Å²) in [6.45, 7) is 1.95. The van der Waals surface area contributed by atoms with Gasteiger partial charge in [0.1, 0.15) is 5.69 Å². The van der Waals surface area contributed by atoms with Crippen LogP contribution in [-0.2, 0) is 0 Å². The Hall–Kier alpha value is -1.26. The fourth-order valence-corrected chi connectivity index (χ4v) is 2.24. The maximum Gasteiger partial charge on any atom is 0.352 e. The summed E-state index contributed by atoms with van der Waals surface area (Å²) < 4.78 is 2.37. The van der Waals surface area contributed by atoms with Gasteiger partial charge in [-0.15, -0.1) is 0 Å². The molecule has 0 aliphatic rings. The smallest absolute Gasteiger partial charge is 0.352 e. The molecule has 0 aliphatic carbocycles. The molecule has 17 heavy (non-hydrogen) atoms. The topological polar surface area (TPSA) is 42.2 Å². The summed E-state index contributed by atoms with van der Waals surface area (Å²) in [5.74, 6) is -1.01. The lowest BCUT2D eigenvalue weighted by molar-refractivity contribution is 0.0688. The molecule has 0 fully saturated rings. The molecule has 1 aromatic heterocycles. The van der Waals surface area contributed by atoms with Gasteiger partial charge in [0.15, 0.2) is 0 Å². The van der Waals surface area contributed by atoms with E-state index in [9.17, 15) is 4.79 Å². The Labute approximate surface area is 112 Å². The lowest BCUT2D eigenvalue weighted by Crippen LogP contribution is -2.06. The molecule has 5 heteroatoms. The van der Waals surface area contributed by atoms with Crippen LogP contribution in [-0.4, -0.2) is 15.6 Å². The zero-order valence-corrected chi connectivity index (χ0v) is 11.3. The van der Waals surface area contributed by atoms with Gasteiger partial charge in [-0.25, -0.2) is 4.79 Å². The van der Waals surface area contributed by atoms with Gasteiger partial charge in [-0.2, -0.15) is 0 Å². The number of carboxylic acids is 1. The second kappa shape index (κ2) is 4.55. The number of rotatable bonds is 2. The van der Waals surface area contributed by atoms with Gasteiger partial charge in [0, 0.05) is 10.7 Å². The van der Waals surface area contributed by atoms with Gasteiger partial charge in [0.05, 0.1) is 10.7 Å². The monoisotopic (exact) mass is 313 g/mol. The zero-order valence-electron chi connectivity index (χ0n) is 8.95. The summed E-state index contributed by atoms with van der Waals surface area (Å²) in [5.41, 5.74) is 1.94. The maximum atomic E-state index is 11.1. The zero-order chi connectivity index (χ0) is 12.6. The minimum Gasteiger partial charge on any atom is -0.477 e. The molecule has 2 rings (SSSR count). The average molecular weight is 315 g/mol. The van der Waals surface area contributed by atoms with E-state index in [0.717, 1.165) is 15.7 Å². The maximum absolute atomic E-state index is 11.1. The molecule has 0 radical (unpaired) electrons. The molecule has 1 N–H and O–H groups in total. The minimum absolute atomic E-state index is 0.140. The Morgan fingerprint density at radius 2 is 2.12 bits per heavy atom. The van der Waals surface area contributed by atoms with Gasteiger partial charge in [-0.1, -0.05) is 17.7 Å². The van der Waals surface area contributed by atoms with E-state index in [1.807, 2.05) is 25.1 Å². The summed E-state index contributed by atoms with van der Waals surface area (Å²) in [4.78, 5) is 11.1. The van der Waals surface area contributed by atoms with Gasteiger partial charge in [-0.05, 0) is 46.6 Å². The van der Waals surface area contributed by atoms with Crippen molar-refractivity contribution >= 4 is 33.5 Å². The van der Waals surface area contributed by atoms with Gasteiger partial charge in [0.2, 0.25) is 0 Å². The van der Waals surface area contributed by atoms with Crippen molar-refractivity contribution in [2.24, 2.45) is 0 Å². The van der Waals surface area contributed by atoms with Gasteiger partial charge in [0.25, 0.3) is 0 Å². The Kier molecular flexibility index (Phi) is 3.26. The molecule has 0 bridgehead atoms. The highest BCUT2D eigenvalue weighted by atomic mass is 79.9. The second-order valence-corrected chi connectivity index (χ2v) is 4.96. The molecule has 0 unspecified atom stereocenters. The molecule has 0 aliphatic heterocycles. The van der Waals surface area contributed by atoms with Crippen molar-refractivity contribution in [1.82, 2.24) is 4.57 Å². The first-order valence-electron chi connectivity index (χ1n) is 4.87. The summed E-state index contributed by atoms with van der Waals surface area (Å²) >= 11 is 9.26. The number of nitrogens with zero attached hydrogens (tertiary/aromatic N) is 1. The van der Waals surface area contributed by atoms with E-state index in [4.69, 9.17) is 16.7 Å². The number of aromatic nitrogens is 1. The molecule has 0 amide bonds. The van der Waals surface area contributed by atoms with Crippen LogP contribution in [0.5, 0.6) is 0 Å². The third kappa shape index (κ3) is 2.37. The summed E-state index contributed by atoms with van der Waals surface area (Å²) in [7, 11) is 0. The molecule has 1 heterocycles. The highest BCUT2D eigenvalue weighted by Crippen LogP contribution is 2.26. The predicted octanol–water partition coefficient (Wildman–Crippen LogP) is 3.90. The van der Waals surface area contributed by atoms with E-state index in [-0.39, 0.29) is 5.69 Å². The molecular formula is C12H9BrClNO2. The standard InChI is InChI=1S/C12H9BrClNO2/c1-7-2-3-9(13)10(4-7)15-6-8(14)5-11(15)12(16)17/h2-6H,1H3,(H,16,17). The number of carbonyl (C=O) groups is 1.